The summed E-state index contributed by atoms with van der Waals surface area (Å²) in [6, 6.07) is 7.03. The maximum atomic E-state index is 12.3. The van der Waals surface area contributed by atoms with Crippen LogP contribution in [0.5, 0.6) is 0 Å². The molecular weight excluding hydrogens is 412 g/mol. The number of benzene rings is 1. The van der Waals surface area contributed by atoms with Crippen LogP contribution in [0.25, 0.3) is 0 Å². The van der Waals surface area contributed by atoms with E-state index in [1.165, 1.54) is 0 Å². The highest BCUT2D eigenvalue weighted by Crippen LogP contribution is 2.11. The van der Waals surface area contributed by atoms with Crippen molar-refractivity contribution in [2.45, 2.75) is 19.8 Å². The third-order valence-electron chi connectivity index (χ3n) is 4.43. The Morgan fingerprint density at radius 2 is 1.85 bits per heavy atom. The predicted octanol–water partition coefficient (Wildman–Crippen LogP) is 1.24. The van der Waals surface area contributed by atoms with Crippen LogP contribution in [0.3, 0.4) is 0 Å². The van der Waals surface area contributed by atoms with Crippen LogP contribution >= 0.6 is 15.9 Å². The van der Waals surface area contributed by atoms with Crippen molar-refractivity contribution in [1.29, 1.82) is 0 Å². The highest BCUT2D eigenvalue weighted by atomic mass is 79.9. The molecule has 7 nitrogen and oxygen atoms in total. The molecule has 0 saturated carbocycles. The molecule has 1 aromatic rings. The standard InChI is InChI=1S/C19H27BrN4O3/c1-2-3-7-21-17(25)14-23-8-10-24(11-9-23)18(26)13-22-19(27)15-5-4-6-16(20)12-15/h4-6,12H,2-3,7-11,13-14H2,1H3,(H,21,25)(H,22,27). The lowest BCUT2D eigenvalue weighted by Gasteiger charge is -2.34. The van der Waals surface area contributed by atoms with Crippen LogP contribution in [0.1, 0.15) is 30.1 Å². The molecule has 1 aliphatic heterocycles. The van der Waals surface area contributed by atoms with Crippen LogP contribution in [-0.2, 0) is 9.59 Å². The number of carbonyl (C=O) groups is 3. The summed E-state index contributed by atoms with van der Waals surface area (Å²) in [5.41, 5.74) is 0.510. The number of nitrogens with one attached hydrogen (secondary N) is 2. The Morgan fingerprint density at radius 3 is 2.52 bits per heavy atom. The fourth-order valence-electron chi connectivity index (χ4n) is 2.82. The van der Waals surface area contributed by atoms with Crippen molar-refractivity contribution in [3.63, 3.8) is 0 Å². The quantitative estimate of drug-likeness (QED) is 0.598. The Morgan fingerprint density at radius 1 is 1.11 bits per heavy atom. The monoisotopic (exact) mass is 438 g/mol. The highest BCUT2D eigenvalue weighted by Gasteiger charge is 2.22. The van der Waals surface area contributed by atoms with Gasteiger partial charge in [-0.15, -0.1) is 0 Å². The van der Waals surface area contributed by atoms with E-state index >= 15 is 0 Å². The molecule has 0 radical (unpaired) electrons. The fourth-order valence-corrected chi connectivity index (χ4v) is 3.22. The summed E-state index contributed by atoms with van der Waals surface area (Å²) in [6.07, 6.45) is 2.04. The minimum absolute atomic E-state index is 0.0249. The maximum Gasteiger partial charge on any atom is 0.251 e. The predicted molar refractivity (Wildman–Crippen MR) is 107 cm³/mol. The first-order valence-corrected chi connectivity index (χ1v) is 10.1. The molecule has 0 atom stereocenters. The van der Waals surface area contributed by atoms with Crippen molar-refractivity contribution in [3.8, 4) is 0 Å². The summed E-state index contributed by atoms with van der Waals surface area (Å²) in [7, 11) is 0. The van der Waals surface area contributed by atoms with Gasteiger partial charge in [0.05, 0.1) is 13.1 Å². The zero-order valence-electron chi connectivity index (χ0n) is 15.7. The molecule has 8 heteroatoms. The average Bonchev–Trinajstić information content (AvgIpc) is 2.66. The van der Waals surface area contributed by atoms with Crippen molar-refractivity contribution in [2.75, 3.05) is 45.8 Å². The maximum absolute atomic E-state index is 12.3. The number of nitrogens with zero attached hydrogens (tertiary/aromatic N) is 2. The zero-order valence-corrected chi connectivity index (χ0v) is 17.3. The number of unbranched alkanes of at least 4 members (excludes halogenated alkanes) is 1. The summed E-state index contributed by atoms with van der Waals surface area (Å²) in [5.74, 6) is -0.345. The highest BCUT2D eigenvalue weighted by molar-refractivity contribution is 9.10. The number of carbonyl (C=O) groups excluding carboxylic acids is 3. The molecule has 1 aromatic carbocycles. The summed E-state index contributed by atoms with van der Waals surface area (Å²) in [6.45, 7) is 5.59. The van der Waals surface area contributed by atoms with Gasteiger partial charge in [-0.2, -0.15) is 0 Å². The first-order chi connectivity index (χ1) is 13.0. The second kappa shape index (κ2) is 11.0. The molecule has 2 rings (SSSR count). The largest absolute Gasteiger partial charge is 0.355 e. The van der Waals surface area contributed by atoms with Gasteiger partial charge in [0.15, 0.2) is 0 Å². The lowest BCUT2D eigenvalue weighted by molar-refractivity contribution is -0.132. The number of amides is 3. The molecule has 2 N–H and O–H groups in total. The molecule has 0 bridgehead atoms. The van der Waals surface area contributed by atoms with E-state index in [0.717, 1.165) is 17.3 Å². The topological polar surface area (TPSA) is 81.8 Å². The van der Waals surface area contributed by atoms with Crippen LogP contribution in [0.15, 0.2) is 28.7 Å². The lowest BCUT2D eigenvalue weighted by atomic mass is 10.2. The molecular formula is C19H27BrN4O3. The summed E-state index contributed by atoms with van der Waals surface area (Å²) >= 11 is 3.32. The first kappa shape index (κ1) is 21.4. The minimum atomic E-state index is -0.271. The van der Waals surface area contributed by atoms with E-state index in [2.05, 4.69) is 33.5 Å². The molecule has 0 aliphatic carbocycles. The SMILES string of the molecule is CCCCNC(=O)CN1CCN(C(=O)CNC(=O)c2cccc(Br)c2)CC1. The van der Waals surface area contributed by atoms with Crippen LogP contribution in [-0.4, -0.2) is 73.3 Å². The average molecular weight is 439 g/mol. The molecule has 27 heavy (non-hydrogen) atoms. The van der Waals surface area contributed by atoms with Crippen LogP contribution < -0.4 is 10.6 Å². The van der Waals surface area contributed by atoms with Gasteiger partial charge in [0.1, 0.15) is 0 Å². The normalized spacial score (nSPS) is 14.7. The van der Waals surface area contributed by atoms with E-state index in [1.54, 1.807) is 23.1 Å². The molecule has 1 aliphatic rings. The van der Waals surface area contributed by atoms with Gasteiger partial charge >= 0.3 is 0 Å². The first-order valence-electron chi connectivity index (χ1n) is 9.30. The van der Waals surface area contributed by atoms with Crippen LogP contribution in [0.4, 0.5) is 0 Å². The van der Waals surface area contributed by atoms with Crippen molar-refractivity contribution >= 4 is 33.7 Å². The lowest BCUT2D eigenvalue weighted by Crippen LogP contribution is -2.53. The molecule has 148 valence electrons. The van der Waals surface area contributed by atoms with Crippen LogP contribution in [0.2, 0.25) is 0 Å². The number of hydrogen-bond donors (Lipinski definition) is 2. The Hall–Kier alpha value is -1.93. The van der Waals surface area contributed by atoms with Gasteiger partial charge in [-0.25, -0.2) is 0 Å². The molecule has 1 fully saturated rings. The van der Waals surface area contributed by atoms with Gasteiger partial charge < -0.3 is 15.5 Å². The second-order valence-electron chi connectivity index (χ2n) is 6.55. The van der Waals surface area contributed by atoms with Gasteiger partial charge in [0, 0.05) is 42.8 Å². The van der Waals surface area contributed by atoms with Gasteiger partial charge in [-0.05, 0) is 24.6 Å². The fraction of sp³-hybridized carbons (Fsp3) is 0.526. The van der Waals surface area contributed by atoms with E-state index < -0.39 is 0 Å². The zero-order chi connectivity index (χ0) is 19.6. The van der Waals surface area contributed by atoms with E-state index in [-0.39, 0.29) is 24.3 Å². The van der Waals surface area contributed by atoms with Gasteiger partial charge in [-0.3, -0.25) is 19.3 Å². The molecule has 0 spiro atoms. The van der Waals surface area contributed by atoms with E-state index in [0.29, 0.717) is 44.8 Å². The summed E-state index contributed by atoms with van der Waals surface area (Å²) < 4.78 is 0.816. The Bertz CT molecular complexity index is 660. The minimum Gasteiger partial charge on any atom is -0.355 e. The van der Waals surface area contributed by atoms with E-state index in [1.807, 2.05) is 11.0 Å². The molecule has 0 aromatic heterocycles. The Balaban J connectivity index is 1.68. The van der Waals surface area contributed by atoms with E-state index in [9.17, 15) is 14.4 Å². The van der Waals surface area contributed by atoms with Gasteiger partial charge in [0.25, 0.3) is 5.91 Å². The van der Waals surface area contributed by atoms with Crippen molar-refractivity contribution in [1.82, 2.24) is 20.4 Å². The number of halogens is 1. The van der Waals surface area contributed by atoms with Crippen molar-refractivity contribution in [3.05, 3.63) is 34.3 Å². The van der Waals surface area contributed by atoms with E-state index in [4.69, 9.17) is 0 Å². The smallest absolute Gasteiger partial charge is 0.251 e. The third kappa shape index (κ3) is 7.30. The van der Waals surface area contributed by atoms with Gasteiger partial charge in [0.2, 0.25) is 11.8 Å². The molecule has 1 heterocycles. The third-order valence-corrected chi connectivity index (χ3v) is 4.92. The summed E-state index contributed by atoms with van der Waals surface area (Å²) in [5, 5.41) is 5.57. The van der Waals surface area contributed by atoms with Crippen molar-refractivity contribution < 1.29 is 14.4 Å². The summed E-state index contributed by atoms with van der Waals surface area (Å²) in [4.78, 5) is 40.0. The van der Waals surface area contributed by atoms with Crippen molar-refractivity contribution in [2.24, 2.45) is 0 Å². The second-order valence-corrected chi connectivity index (χ2v) is 7.47. The molecule has 1 saturated heterocycles. The van der Waals surface area contributed by atoms with Gasteiger partial charge in [-0.1, -0.05) is 35.3 Å². The molecule has 3 amide bonds. The Kier molecular flexibility index (Phi) is 8.74. The number of hydrogen-bond acceptors (Lipinski definition) is 4. The number of piperazine rings is 1. The molecule has 0 unspecified atom stereocenters. The Labute approximate surface area is 168 Å². The number of rotatable bonds is 8. The van der Waals surface area contributed by atoms with Crippen LogP contribution in [0, 0.1) is 0 Å².